The molecule has 2 saturated heterocycles. The average Bonchev–Trinajstić information content (AvgIpc) is 3.24. The molecule has 0 spiro atoms. The van der Waals surface area contributed by atoms with E-state index in [9.17, 15) is 0 Å². The molecule has 23 heavy (non-hydrogen) atoms. The highest BCUT2D eigenvalue weighted by molar-refractivity contribution is 8.03. The number of fused-ring (bicyclic) bond motifs is 4. The van der Waals surface area contributed by atoms with Crippen LogP contribution in [0.1, 0.15) is 49.5 Å². The van der Waals surface area contributed by atoms with Crippen molar-refractivity contribution >= 4 is 17.5 Å². The third-order valence-corrected chi connectivity index (χ3v) is 7.47. The molecular weight excluding hydrogens is 304 g/mol. The average molecular weight is 334 g/mol. The van der Waals surface area contributed by atoms with Crippen molar-refractivity contribution in [3.63, 3.8) is 0 Å². The second-order valence-electron chi connectivity index (χ2n) is 7.41. The second kappa shape index (κ2) is 5.66. The first kappa shape index (κ1) is 11.8. The Morgan fingerprint density at radius 3 is 3.26 bits per heavy atom. The van der Waals surface area contributed by atoms with Crippen LogP contribution < -0.4 is 5.32 Å². The maximum atomic E-state index is 7.68. The van der Waals surface area contributed by atoms with Gasteiger partial charge in [-0.3, -0.25) is 4.99 Å². The SMILES string of the molecule is [2H]C([2H])([2H])C1=NC2OC3=C(C4NCC=C5SCC[C@@H]54)CCC[C@H]3C2CC1. The zero-order chi connectivity index (χ0) is 17.9. The number of ether oxygens (including phenoxy) is 1. The van der Waals surface area contributed by atoms with E-state index in [1.165, 1.54) is 24.2 Å². The molecule has 4 aliphatic heterocycles. The van der Waals surface area contributed by atoms with E-state index in [0.29, 0.717) is 35.9 Å². The van der Waals surface area contributed by atoms with Crippen molar-refractivity contribution < 1.29 is 8.85 Å². The zero-order valence-corrected chi connectivity index (χ0v) is 14.2. The van der Waals surface area contributed by atoms with Crippen molar-refractivity contribution in [3.05, 3.63) is 22.3 Å². The summed E-state index contributed by atoms with van der Waals surface area (Å²) in [5.74, 6) is 3.79. The van der Waals surface area contributed by atoms with Gasteiger partial charge in [-0.15, -0.1) is 11.8 Å². The Morgan fingerprint density at radius 1 is 1.30 bits per heavy atom. The van der Waals surface area contributed by atoms with Crippen molar-refractivity contribution in [2.75, 3.05) is 12.3 Å². The van der Waals surface area contributed by atoms with Gasteiger partial charge in [0.2, 0.25) is 0 Å². The lowest BCUT2D eigenvalue weighted by Crippen LogP contribution is -2.42. The molecule has 4 heterocycles. The zero-order valence-electron chi connectivity index (χ0n) is 16.4. The van der Waals surface area contributed by atoms with Crippen LogP contribution in [0.15, 0.2) is 27.3 Å². The Bertz CT molecular complexity index is 699. The fourth-order valence-corrected chi connectivity index (χ4v) is 6.45. The largest absolute Gasteiger partial charge is 0.472 e. The van der Waals surface area contributed by atoms with E-state index < -0.39 is 6.85 Å². The highest BCUT2D eigenvalue weighted by atomic mass is 32.2. The minimum absolute atomic E-state index is 0.274. The summed E-state index contributed by atoms with van der Waals surface area (Å²) in [5.41, 5.74) is 1.81. The Balaban J connectivity index is 1.47. The summed E-state index contributed by atoms with van der Waals surface area (Å²) >= 11 is 2.02. The maximum Gasteiger partial charge on any atom is 0.192 e. The Morgan fingerprint density at radius 2 is 2.30 bits per heavy atom. The van der Waals surface area contributed by atoms with Crippen molar-refractivity contribution in [2.24, 2.45) is 22.7 Å². The first-order chi connectivity index (χ1) is 12.5. The molecule has 3 nitrogen and oxygen atoms in total. The lowest BCUT2D eigenvalue weighted by Gasteiger charge is -2.35. The van der Waals surface area contributed by atoms with Crippen LogP contribution in [-0.2, 0) is 4.74 Å². The minimum Gasteiger partial charge on any atom is -0.472 e. The van der Waals surface area contributed by atoms with Gasteiger partial charge in [0.1, 0.15) is 5.76 Å². The number of hydrogen-bond donors (Lipinski definition) is 1. The van der Waals surface area contributed by atoms with Gasteiger partial charge in [0.05, 0.1) is 0 Å². The molecule has 0 saturated carbocycles. The van der Waals surface area contributed by atoms with Gasteiger partial charge in [-0.25, -0.2) is 0 Å². The Kier molecular flexibility index (Phi) is 2.89. The van der Waals surface area contributed by atoms with Crippen LogP contribution in [-0.4, -0.2) is 30.3 Å². The Labute approximate surface area is 147 Å². The highest BCUT2D eigenvalue weighted by Gasteiger charge is 2.47. The summed E-state index contributed by atoms with van der Waals surface area (Å²) in [4.78, 5) is 6.10. The van der Waals surface area contributed by atoms with Crippen LogP contribution >= 0.6 is 11.8 Å². The number of aliphatic imine (C=N–C) groups is 1. The maximum absolute atomic E-state index is 7.68. The summed E-state index contributed by atoms with van der Waals surface area (Å²) < 4.78 is 29.4. The van der Waals surface area contributed by atoms with Gasteiger partial charge in [0.25, 0.3) is 0 Å². The molecule has 124 valence electrons. The summed E-state index contributed by atoms with van der Waals surface area (Å²) in [6.45, 7) is -1.13. The van der Waals surface area contributed by atoms with E-state index in [2.05, 4.69) is 16.4 Å². The van der Waals surface area contributed by atoms with Crippen molar-refractivity contribution in [3.8, 4) is 0 Å². The van der Waals surface area contributed by atoms with Crippen LogP contribution in [0.5, 0.6) is 0 Å². The standard InChI is InChI=1S/C19H26N2OS/c1-11-5-6-13-12-3-2-4-15(18(12)22-19(13)21-11)17-14-8-10-23-16(14)7-9-20-17/h7,12-14,17,19-20H,2-6,8-10H2,1H3/t12-,13?,14-,17?,19?/m0/s1/i1D3. The Hall–Kier alpha value is -0.740. The van der Waals surface area contributed by atoms with Crippen LogP contribution in [0, 0.1) is 17.8 Å². The lowest BCUT2D eigenvalue weighted by molar-refractivity contribution is 0.127. The molecular formula is C19H26N2OS. The monoisotopic (exact) mass is 333 g/mol. The number of rotatable bonds is 1. The smallest absolute Gasteiger partial charge is 0.192 e. The number of nitrogens with one attached hydrogen (secondary N) is 1. The third-order valence-electron chi connectivity index (χ3n) is 6.22. The number of allylic oxidation sites excluding steroid dienone is 1. The van der Waals surface area contributed by atoms with Gasteiger partial charge in [0, 0.05) is 40.2 Å². The minimum atomic E-state index is -2.08. The lowest BCUT2D eigenvalue weighted by atomic mass is 9.75. The third kappa shape index (κ3) is 2.32. The fraction of sp³-hybridized carbons (Fsp3) is 0.737. The highest BCUT2D eigenvalue weighted by Crippen LogP contribution is 2.51. The molecule has 0 aromatic carbocycles. The first-order valence-corrected chi connectivity index (χ1v) is 10.0. The van der Waals surface area contributed by atoms with Crippen LogP contribution in [0.4, 0.5) is 0 Å². The van der Waals surface area contributed by atoms with E-state index in [1.807, 2.05) is 11.8 Å². The molecule has 5 aliphatic rings. The summed E-state index contributed by atoms with van der Waals surface area (Å²) in [6, 6.07) is 0.397. The van der Waals surface area contributed by atoms with Crippen LogP contribution in [0.3, 0.4) is 0 Å². The van der Waals surface area contributed by atoms with Crippen molar-refractivity contribution in [2.45, 2.75) is 57.6 Å². The number of hydrogen-bond acceptors (Lipinski definition) is 4. The molecule has 2 fully saturated rings. The second-order valence-corrected chi connectivity index (χ2v) is 8.58. The number of nitrogens with zero attached hydrogens (tertiary/aromatic N) is 1. The van der Waals surface area contributed by atoms with E-state index in [-0.39, 0.29) is 6.23 Å². The number of thioether (sulfide) groups is 1. The topological polar surface area (TPSA) is 33.6 Å². The van der Waals surface area contributed by atoms with E-state index in [0.717, 1.165) is 31.6 Å². The summed E-state index contributed by atoms with van der Waals surface area (Å²) in [6.07, 6.45) is 8.28. The summed E-state index contributed by atoms with van der Waals surface area (Å²) in [5, 5.41) is 3.73. The predicted octanol–water partition coefficient (Wildman–Crippen LogP) is 3.88. The van der Waals surface area contributed by atoms with Gasteiger partial charge in [-0.1, -0.05) is 6.08 Å². The van der Waals surface area contributed by atoms with Gasteiger partial charge in [0.15, 0.2) is 6.23 Å². The quantitative estimate of drug-likeness (QED) is 0.791. The molecule has 0 radical (unpaired) electrons. The van der Waals surface area contributed by atoms with Crippen molar-refractivity contribution in [1.82, 2.24) is 5.32 Å². The molecule has 0 amide bonds. The first-order valence-electron chi connectivity index (χ1n) is 10.6. The van der Waals surface area contributed by atoms with E-state index >= 15 is 0 Å². The molecule has 1 aliphatic carbocycles. The van der Waals surface area contributed by atoms with E-state index in [1.54, 1.807) is 4.91 Å². The summed E-state index contributed by atoms with van der Waals surface area (Å²) in [7, 11) is 0. The predicted molar refractivity (Wildman–Crippen MR) is 95.5 cm³/mol. The van der Waals surface area contributed by atoms with Gasteiger partial charge in [-0.05, 0) is 61.6 Å². The molecule has 0 aromatic heterocycles. The van der Waals surface area contributed by atoms with Gasteiger partial charge >= 0.3 is 0 Å². The van der Waals surface area contributed by atoms with Crippen molar-refractivity contribution in [1.29, 1.82) is 0 Å². The molecule has 0 aromatic rings. The molecule has 5 rings (SSSR count). The molecule has 4 heteroatoms. The van der Waals surface area contributed by atoms with Gasteiger partial charge < -0.3 is 10.1 Å². The fourth-order valence-electron chi connectivity index (χ4n) is 5.18. The van der Waals surface area contributed by atoms with Crippen LogP contribution in [0.25, 0.3) is 0 Å². The van der Waals surface area contributed by atoms with Gasteiger partial charge in [-0.2, -0.15) is 0 Å². The van der Waals surface area contributed by atoms with E-state index in [4.69, 9.17) is 8.85 Å². The molecule has 5 atom stereocenters. The molecule has 1 N–H and O–H groups in total. The molecule has 3 unspecified atom stereocenters. The molecule has 0 bridgehead atoms. The normalized spacial score (nSPS) is 44.9. The van der Waals surface area contributed by atoms with Crippen LogP contribution in [0.2, 0.25) is 0 Å².